The SMILES string of the molecule is CCCCS(=O)(=O)N1CCc2c(ncn(C)c2=O)C1. The Morgan fingerprint density at radius 2 is 2.16 bits per heavy atom. The first kappa shape index (κ1) is 14.2. The highest BCUT2D eigenvalue weighted by Gasteiger charge is 2.28. The van der Waals surface area contributed by atoms with Crippen molar-refractivity contribution in [3.8, 4) is 0 Å². The van der Waals surface area contributed by atoms with Gasteiger partial charge in [0.25, 0.3) is 5.56 Å². The maximum Gasteiger partial charge on any atom is 0.256 e. The van der Waals surface area contributed by atoms with Gasteiger partial charge in [0.1, 0.15) is 0 Å². The van der Waals surface area contributed by atoms with Gasteiger partial charge in [0.05, 0.1) is 24.3 Å². The summed E-state index contributed by atoms with van der Waals surface area (Å²) in [5.41, 5.74) is 1.16. The maximum atomic E-state index is 12.1. The molecule has 2 heterocycles. The van der Waals surface area contributed by atoms with E-state index in [1.54, 1.807) is 7.05 Å². The van der Waals surface area contributed by atoms with Crippen molar-refractivity contribution in [1.29, 1.82) is 0 Å². The molecule has 0 saturated carbocycles. The number of unbranched alkanes of at least 4 members (excludes halogenated alkanes) is 1. The molecule has 0 aliphatic carbocycles. The van der Waals surface area contributed by atoms with Crippen molar-refractivity contribution < 1.29 is 8.42 Å². The summed E-state index contributed by atoms with van der Waals surface area (Å²) >= 11 is 0. The van der Waals surface area contributed by atoms with E-state index >= 15 is 0 Å². The van der Waals surface area contributed by atoms with Gasteiger partial charge in [-0.2, -0.15) is 4.31 Å². The standard InChI is InChI=1S/C12H19N3O3S/c1-3-4-7-19(17,18)15-6-5-10-11(8-15)13-9-14(2)12(10)16/h9H,3-8H2,1-2H3. The number of aromatic nitrogens is 2. The molecule has 0 N–H and O–H groups in total. The van der Waals surface area contributed by atoms with E-state index in [-0.39, 0.29) is 17.9 Å². The quantitative estimate of drug-likeness (QED) is 0.796. The summed E-state index contributed by atoms with van der Waals surface area (Å²) in [5.74, 6) is 0.170. The van der Waals surface area contributed by atoms with Gasteiger partial charge in [0, 0.05) is 19.2 Å². The van der Waals surface area contributed by atoms with E-state index in [1.807, 2.05) is 6.92 Å². The number of fused-ring (bicyclic) bond motifs is 1. The van der Waals surface area contributed by atoms with Gasteiger partial charge in [-0.15, -0.1) is 0 Å². The molecule has 0 amide bonds. The van der Waals surface area contributed by atoms with E-state index in [1.165, 1.54) is 15.2 Å². The van der Waals surface area contributed by atoms with Crippen LogP contribution in [0.25, 0.3) is 0 Å². The molecular weight excluding hydrogens is 266 g/mol. The molecule has 1 aromatic rings. The summed E-state index contributed by atoms with van der Waals surface area (Å²) in [4.78, 5) is 16.1. The number of rotatable bonds is 4. The monoisotopic (exact) mass is 285 g/mol. The lowest BCUT2D eigenvalue weighted by Crippen LogP contribution is -2.40. The first-order valence-electron chi connectivity index (χ1n) is 6.47. The molecule has 1 aliphatic heterocycles. The van der Waals surface area contributed by atoms with Gasteiger partial charge in [-0.3, -0.25) is 4.79 Å². The summed E-state index contributed by atoms with van der Waals surface area (Å²) in [6.07, 6.45) is 3.41. The molecule has 106 valence electrons. The lowest BCUT2D eigenvalue weighted by Gasteiger charge is -2.27. The highest BCUT2D eigenvalue weighted by Crippen LogP contribution is 2.17. The first-order valence-corrected chi connectivity index (χ1v) is 8.08. The fourth-order valence-electron chi connectivity index (χ4n) is 2.19. The minimum Gasteiger partial charge on any atom is -0.302 e. The van der Waals surface area contributed by atoms with Crippen LogP contribution < -0.4 is 5.56 Å². The highest BCUT2D eigenvalue weighted by molar-refractivity contribution is 7.89. The third-order valence-corrected chi connectivity index (χ3v) is 5.30. The van der Waals surface area contributed by atoms with Crippen LogP contribution in [0.1, 0.15) is 31.0 Å². The van der Waals surface area contributed by atoms with Gasteiger partial charge in [0.15, 0.2) is 0 Å². The molecule has 0 spiro atoms. The number of sulfonamides is 1. The summed E-state index contributed by atoms with van der Waals surface area (Å²) < 4.78 is 27.1. The van der Waals surface area contributed by atoms with Gasteiger partial charge in [-0.25, -0.2) is 13.4 Å². The topological polar surface area (TPSA) is 72.3 Å². The van der Waals surface area contributed by atoms with Crippen LogP contribution in [-0.2, 0) is 30.0 Å². The van der Waals surface area contributed by atoms with Crippen molar-refractivity contribution >= 4 is 10.0 Å². The zero-order chi connectivity index (χ0) is 14.0. The molecule has 0 radical (unpaired) electrons. The van der Waals surface area contributed by atoms with Crippen molar-refractivity contribution in [1.82, 2.24) is 13.9 Å². The van der Waals surface area contributed by atoms with Gasteiger partial charge in [-0.1, -0.05) is 13.3 Å². The minimum absolute atomic E-state index is 0.0735. The van der Waals surface area contributed by atoms with Crippen molar-refractivity contribution in [3.63, 3.8) is 0 Å². The Balaban J connectivity index is 2.24. The normalized spacial score (nSPS) is 16.3. The summed E-state index contributed by atoms with van der Waals surface area (Å²) in [5, 5.41) is 0. The van der Waals surface area contributed by atoms with Crippen LogP contribution in [0.5, 0.6) is 0 Å². The lowest BCUT2D eigenvalue weighted by atomic mass is 10.1. The smallest absolute Gasteiger partial charge is 0.256 e. The van der Waals surface area contributed by atoms with E-state index in [0.717, 1.165) is 6.42 Å². The predicted octanol–water partition coefficient (Wildman–Crippen LogP) is 0.268. The maximum absolute atomic E-state index is 12.1. The van der Waals surface area contributed by atoms with E-state index in [2.05, 4.69) is 4.98 Å². The van der Waals surface area contributed by atoms with Crippen LogP contribution in [0.15, 0.2) is 11.1 Å². The molecule has 1 aromatic heterocycles. The van der Waals surface area contributed by atoms with Crippen LogP contribution in [-0.4, -0.2) is 34.6 Å². The Bertz CT molecular complexity index is 622. The zero-order valence-electron chi connectivity index (χ0n) is 11.3. The van der Waals surface area contributed by atoms with Crippen molar-refractivity contribution in [2.45, 2.75) is 32.7 Å². The lowest BCUT2D eigenvalue weighted by molar-refractivity contribution is 0.381. The fourth-order valence-corrected chi connectivity index (χ4v) is 3.79. The van der Waals surface area contributed by atoms with Crippen molar-refractivity contribution in [3.05, 3.63) is 27.9 Å². The Morgan fingerprint density at radius 1 is 1.42 bits per heavy atom. The van der Waals surface area contributed by atoms with Gasteiger partial charge in [0.2, 0.25) is 10.0 Å². The van der Waals surface area contributed by atoms with E-state index in [4.69, 9.17) is 0 Å². The highest BCUT2D eigenvalue weighted by atomic mass is 32.2. The second kappa shape index (κ2) is 5.42. The molecule has 7 heteroatoms. The van der Waals surface area contributed by atoms with Crippen LogP contribution >= 0.6 is 0 Å². The van der Waals surface area contributed by atoms with E-state index < -0.39 is 10.0 Å². The average molecular weight is 285 g/mol. The zero-order valence-corrected chi connectivity index (χ0v) is 12.1. The van der Waals surface area contributed by atoms with Crippen LogP contribution in [0.2, 0.25) is 0 Å². The van der Waals surface area contributed by atoms with Gasteiger partial charge < -0.3 is 4.57 Å². The van der Waals surface area contributed by atoms with Crippen molar-refractivity contribution in [2.75, 3.05) is 12.3 Å². The average Bonchev–Trinajstić information content (AvgIpc) is 2.40. The molecule has 19 heavy (non-hydrogen) atoms. The number of nitrogens with zero attached hydrogens (tertiary/aromatic N) is 3. The van der Waals surface area contributed by atoms with Crippen LogP contribution in [0.4, 0.5) is 0 Å². The van der Waals surface area contributed by atoms with Gasteiger partial charge in [-0.05, 0) is 12.8 Å². The number of aryl methyl sites for hydroxylation is 1. The summed E-state index contributed by atoms with van der Waals surface area (Å²) in [7, 11) is -1.57. The number of hydrogen-bond acceptors (Lipinski definition) is 4. The van der Waals surface area contributed by atoms with E-state index in [0.29, 0.717) is 30.6 Å². The summed E-state index contributed by atoms with van der Waals surface area (Å²) in [6.45, 7) is 2.56. The van der Waals surface area contributed by atoms with Gasteiger partial charge >= 0.3 is 0 Å². The minimum atomic E-state index is -3.23. The Kier molecular flexibility index (Phi) is 4.05. The molecule has 6 nitrogen and oxygen atoms in total. The third-order valence-electron chi connectivity index (χ3n) is 3.40. The molecule has 0 fully saturated rings. The first-order chi connectivity index (χ1) is 8.95. The molecular formula is C12H19N3O3S. The second-order valence-corrected chi connectivity index (χ2v) is 6.93. The largest absolute Gasteiger partial charge is 0.302 e. The van der Waals surface area contributed by atoms with Crippen molar-refractivity contribution in [2.24, 2.45) is 7.05 Å². The third kappa shape index (κ3) is 2.87. The molecule has 0 bridgehead atoms. The van der Waals surface area contributed by atoms with Crippen LogP contribution in [0.3, 0.4) is 0 Å². The molecule has 0 unspecified atom stereocenters. The molecule has 0 atom stereocenters. The predicted molar refractivity (Wildman–Crippen MR) is 72.3 cm³/mol. The second-order valence-electron chi connectivity index (χ2n) is 4.84. The summed E-state index contributed by atoms with van der Waals surface area (Å²) in [6, 6.07) is 0. The fraction of sp³-hybridized carbons (Fsp3) is 0.667. The Hall–Kier alpha value is -1.21. The Morgan fingerprint density at radius 3 is 2.84 bits per heavy atom. The molecule has 0 aromatic carbocycles. The van der Waals surface area contributed by atoms with E-state index in [9.17, 15) is 13.2 Å². The molecule has 1 aliphatic rings. The Labute approximate surface area is 113 Å². The molecule has 0 saturated heterocycles. The molecule has 2 rings (SSSR count). The number of hydrogen-bond donors (Lipinski definition) is 0. The van der Waals surface area contributed by atoms with Crippen LogP contribution in [0, 0.1) is 0 Å².